The van der Waals surface area contributed by atoms with Crippen LogP contribution in [0.15, 0.2) is 47.4 Å². The van der Waals surface area contributed by atoms with Crippen LogP contribution in [0.5, 0.6) is 0 Å². The molecule has 0 spiro atoms. The van der Waals surface area contributed by atoms with Crippen molar-refractivity contribution in [2.24, 2.45) is 0 Å². The standard InChI is InChI=1S/C19H21FN2O3S/c1-3-21(4-2)26(24,25)17-8-9-18-14(13-17)10-11-22(18)19(23)15-6-5-7-16(20)12-15/h5-9,12-13H,3-4,10-11H2,1-2H3. The van der Waals surface area contributed by atoms with Crippen molar-refractivity contribution < 1.29 is 17.6 Å². The van der Waals surface area contributed by atoms with Crippen molar-refractivity contribution in [1.82, 2.24) is 4.31 Å². The minimum absolute atomic E-state index is 0.236. The number of carbonyl (C=O) groups is 1. The van der Waals surface area contributed by atoms with E-state index in [1.165, 1.54) is 28.6 Å². The molecule has 1 heterocycles. The van der Waals surface area contributed by atoms with Crippen LogP contribution in [0.25, 0.3) is 0 Å². The van der Waals surface area contributed by atoms with Crippen molar-refractivity contribution in [2.45, 2.75) is 25.2 Å². The summed E-state index contributed by atoms with van der Waals surface area (Å²) in [5, 5.41) is 0. The zero-order valence-electron chi connectivity index (χ0n) is 14.8. The second kappa shape index (κ2) is 7.17. The fourth-order valence-electron chi connectivity index (χ4n) is 3.24. The predicted octanol–water partition coefficient (Wildman–Crippen LogP) is 3.06. The van der Waals surface area contributed by atoms with Gasteiger partial charge in [-0.1, -0.05) is 19.9 Å². The Hall–Kier alpha value is -2.25. The van der Waals surface area contributed by atoms with E-state index in [1.807, 2.05) is 0 Å². The number of anilines is 1. The van der Waals surface area contributed by atoms with Crippen LogP contribution in [0.4, 0.5) is 10.1 Å². The molecule has 3 rings (SSSR count). The van der Waals surface area contributed by atoms with E-state index in [4.69, 9.17) is 0 Å². The highest BCUT2D eigenvalue weighted by atomic mass is 32.2. The van der Waals surface area contributed by atoms with Gasteiger partial charge in [-0.25, -0.2) is 12.8 Å². The fraction of sp³-hybridized carbons (Fsp3) is 0.316. The van der Waals surface area contributed by atoms with Crippen LogP contribution in [0.3, 0.4) is 0 Å². The maximum absolute atomic E-state index is 13.4. The summed E-state index contributed by atoms with van der Waals surface area (Å²) in [5.41, 5.74) is 1.76. The largest absolute Gasteiger partial charge is 0.308 e. The molecule has 0 saturated carbocycles. The Morgan fingerprint density at radius 1 is 1.15 bits per heavy atom. The molecule has 0 saturated heterocycles. The van der Waals surface area contributed by atoms with Gasteiger partial charge in [0.15, 0.2) is 0 Å². The van der Waals surface area contributed by atoms with Gasteiger partial charge in [0.1, 0.15) is 5.82 Å². The molecule has 138 valence electrons. The average Bonchev–Trinajstić information content (AvgIpc) is 3.05. The van der Waals surface area contributed by atoms with Crippen molar-refractivity contribution in [3.8, 4) is 0 Å². The lowest BCUT2D eigenvalue weighted by atomic mass is 10.1. The summed E-state index contributed by atoms with van der Waals surface area (Å²) in [6, 6.07) is 10.4. The third kappa shape index (κ3) is 3.24. The molecule has 0 atom stereocenters. The first-order valence-corrected chi connectivity index (χ1v) is 10.0. The van der Waals surface area contributed by atoms with E-state index in [2.05, 4.69) is 0 Å². The van der Waals surface area contributed by atoms with E-state index >= 15 is 0 Å². The summed E-state index contributed by atoms with van der Waals surface area (Å²) in [5.74, 6) is -0.751. The molecule has 0 bridgehead atoms. The van der Waals surface area contributed by atoms with Gasteiger partial charge in [-0.15, -0.1) is 0 Å². The van der Waals surface area contributed by atoms with Gasteiger partial charge < -0.3 is 4.90 Å². The molecule has 1 aliphatic rings. The summed E-state index contributed by atoms with van der Waals surface area (Å²) in [6.45, 7) is 4.85. The molecule has 0 aliphatic carbocycles. The van der Waals surface area contributed by atoms with Crippen LogP contribution < -0.4 is 4.90 Å². The van der Waals surface area contributed by atoms with Gasteiger partial charge in [0.2, 0.25) is 10.0 Å². The van der Waals surface area contributed by atoms with Gasteiger partial charge in [0, 0.05) is 30.9 Å². The normalized spacial score (nSPS) is 13.9. The van der Waals surface area contributed by atoms with Gasteiger partial charge in [0.25, 0.3) is 5.91 Å². The number of hydrogen-bond acceptors (Lipinski definition) is 3. The van der Waals surface area contributed by atoms with E-state index in [-0.39, 0.29) is 16.4 Å². The molecule has 26 heavy (non-hydrogen) atoms. The summed E-state index contributed by atoms with van der Waals surface area (Å²) >= 11 is 0. The molecule has 5 nitrogen and oxygen atoms in total. The number of hydrogen-bond donors (Lipinski definition) is 0. The first-order chi connectivity index (χ1) is 12.4. The predicted molar refractivity (Wildman–Crippen MR) is 98.3 cm³/mol. The fourth-order valence-corrected chi connectivity index (χ4v) is 4.75. The molecular weight excluding hydrogens is 355 g/mol. The zero-order valence-corrected chi connectivity index (χ0v) is 15.6. The summed E-state index contributed by atoms with van der Waals surface area (Å²) in [6.07, 6.45) is 0.567. The molecule has 0 fully saturated rings. The number of carbonyl (C=O) groups excluding carboxylic acids is 1. The Morgan fingerprint density at radius 2 is 1.88 bits per heavy atom. The van der Waals surface area contributed by atoms with Crippen molar-refractivity contribution in [3.63, 3.8) is 0 Å². The quantitative estimate of drug-likeness (QED) is 0.806. The monoisotopic (exact) mass is 376 g/mol. The third-order valence-corrected chi connectivity index (χ3v) is 6.65. The number of fused-ring (bicyclic) bond motifs is 1. The smallest absolute Gasteiger partial charge is 0.258 e. The van der Waals surface area contributed by atoms with E-state index in [1.54, 1.807) is 36.9 Å². The first kappa shape index (κ1) is 18.5. The highest BCUT2D eigenvalue weighted by molar-refractivity contribution is 7.89. The Bertz CT molecular complexity index is 940. The molecule has 1 amide bonds. The topological polar surface area (TPSA) is 57.7 Å². The lowest BCUT2D eigenvalue weighted by Gasteiger charge is -2.20. The van der Waals surface area contributed by atoms with Crippen LogP contribution in [-0.4, -0.2) is 38.3 Å². The van der Waals surface area contributed by atoms with Crippen LogP contribution in [0.2, 0.25) is 0 Å². The van der Waals surface area contributed by atoms with Crippen molar-refractivity contribution in [3.05, 3.63) is 59.4 Å². The highest BCUT2D eigenvalue weighted by Crippen LogP contribution is 2.32. The first-order valence-electron chi connectivity index (χ1n) is 8.59. The Morgan fingerprint density at radius 3 is 2.54 bits per heavy atom. The number of sulfonamides is 1. The molecule has 2 aromatic rings. The molecule has 0 N–H and O–H groups in total. The number of halogens is 1. The van der Waals surface area contributed by atoms with Crippen LogP contribution in [0.1, 0.15) is 29.8 Å². The maximum atomic E-state index is 13.4. The third-order valence-electron chi connectivity index (χ3n) is 4.61. The summed E-state index contributed by atoms with van der Waals surface area (Å²) < 4.78 is 40.1. The Labute approximate surface area is 153 Å². The zero-order chi connectivity index (χ0) is 18.9. The minimum Gasteiger partial charge on any atom is -0.308 e. The van der Waals surface area contributed by atoms with Crippen molar-refractivity contribution in [1.29, 1.82) is 0 Å². The van der Waals surface area contributed by atoms with Crippen LogP contribution in [-0.2, 0) is 16.4 Å². The molecule has 2 aromatic carbocycles. The Balaban J connectivity index is 1.93. The van der Waals surface area contributed by atoms with Crippen molar-refractivity contribution >= 4 is 21.6 Å². The number of amides is 1. The number of nitrogens with zero attached hydrogens (tertiary/aromatic N) is 2. The van der Waals surface area contributed by atoms with Gasteiger partial charge in [-0.2, -0.15) is 4.31 Å². The van der Waals surface area contributed by atoms with Crippen LogP contribution in [0, 0.1) is 5.82 Å². The average molecular weight is 376 g/mol. The van der Waals surface area contributed by atoms with Gasteiger partial charge in [-0.3, -0.25) is 4.79 Å². The van der Waals surface area contributed by atoms with Gasteiger partial charge in [-0.05, 0) is 48.4 Å². The van der Waals surface area contributed by atoms with Crippen molar-refractivity contribution in [2.75, 3.05) is 24.5 Å². The molecular formula is C19H21FN2O3S. The second-order valence-corrected chi connectivity index (χ2v) is 8.03. The van der Waals surface area contributed by atoms with Gasteiger partial charge in [0.05, 0.1) is 4.90 Å². The van der Waals surface area contributed by atoms with E-state index in [9.17, 15) is 17.6 Å². The molecule has 0 aromatic heterocycles. The molecule has 0 unspecified atom stereocenters. The SMILES string of the molecule is CCN(CC)S(=O)(=O)c1ccc2c(c1)CCN2C(=O)c1cccc(F)c1. The lowest BCUT2D eigenvalue weighted by Crippen LogP contribution is -2.30. The van der Waals surface area contributed by atoms with E-state index in [0.717, 1.165) is 5.56 Å². The number of rotatable bonds is 5. The Kier molecular flexibility index (Phi) is 5.11. The lowest BCUT2D eigenvalue weighted by molar-refractivity contribution is 0.0989. The minimum atomic E-state index is -3.54. The van der Waals surface area contributed by atoms with Gasteiger partial charge >= 0.3 is 0 Å². The highest BCUT2D eigenvalue weighted by Gasteiger charge is 2.29. The van der Waals surface area contributed by atoms with Crippen LogP contribution >= 0.6 is 0 Å². The summed E-state index contributed by atoms with van der Waals surface area (Å²) in [4.78, 5) is 14.5. The van der Waals surface area contributed by atoms with E-state index in [0.29, 0.717) is 31.7 Å². The molecule has 1 aliphatic heterocycles. The summed E-state index contributed by atoms with van der Waals surface area (Å²) in [7, 11) is -3.54. The molecule has 0 radical (unpaired) electrons. The maximum Gasteiger partial charge on any atom is 0.258 e. The number of benzene rings is 2. The van der Waals surface area contributed by atoms with E-state index < -0.39 is 15.8 Å². The second-order valence-electron chi connectivity index (χ2n) is 6.10. The molecule has 7 heteroatoms.